The standard InChI is InChI=1S/C8H7N3O3/c9-3-4-1-6(12)7(13)2-5(4)11-8(10)14/h1-2,12-13H,(H3,10,11,14). The number of phenols is 2. The van der Waals surface area contributed by atoms with Gasteiger partial charge in [0.25, 0.3) is 0 Å². The minimum atomic E-state index is -0.855. The normalized spacial score (nSPS) is 9.07. The molecule has 1 rings (SSSR count). The van der Waals surface area contributed by atoms with Gasteiger partial charge in [0.2, 0.25) is 0 Å². The van der Waals surface area contributed by atoms with E-state index in [0.29, 0.717) is 0 Å². The van der Waals surface area contributed by atoms with E-state index in [0.717, 1.165) is 12.1 Å². The van der Waals surface area contributed by atoms with Crippen molar-refractivity contribution < 1.29 is 15.0 Å². The molecule has 0 atom stereocenters. The van der Waals surface area contributed by atoms with Crippen LogP contribution in [0.5, 0.6) is 11.5 Å². The lowest BCUT2D eigenvalue weighted by Gasteiger charge is -2.05. The zero-order valence-corrected chi connectivity index (χ0v) is 6.98. The summed E-state index contributed by atoms with van der Waals surface area (Å²) in [6.07, 6.45) is 0. The Morgan fingerprint density at radius 2 is 2.00 bits per heavy atom. The second-order valence-corrected chi connectivity index (χ2v) is 2.49. The fourth-order valence-electron chi connectivity index (χ4n) is 0.905. The highest BCUT2D eigenvalue weighted by Gasteiger charge is 2.09. The highest BCUT2D eigenvalue weighted by atomic mass is 16.3. The molecule has 0 aliphatic rings. The number of anilines is 1. The van der Waals surface area contributed by atoms with Gasteiger partial charge in [-0.15, -0.1) is 0 Å². The number of phenolic OH excluding ortho intramolecular Hbond substituents is 2. The lowest BCUT2D eigenvalue weighted by molar-refractivity contribution is 0.259. The van der Waals surface area contributed by atoms with Gasteiger partial charge in [0.1, 0.15) is 6.07 Å². The lowest BCUT2D eigenvalue weighted by atomic mass is 10.1. The molecule has 0 aliphatic carbocycles. The van der Waals surface area contributed by atoms with Crippen molar-refractivity contribution in [1.82, 2.24) is 0 Å². The monoisotopic (exact) mass is 193 g/mol. The number of nitrogens with two attached hydrogens (primary N) is 1. The summed E-state index contributed by atoms with van der Waals surface area (Å²) in [5.74, 6) is -0.871. The molecule has 0 fully saturated rings. The summed E-state index contributed by atoms with van der Waals surface area (Å²) in [4.78, 5) is 10.5. The molecule has 1 aromatic rings. The van der Waals surface area contributed by atoms with Gasteiger partial charge in [0.05, 0.1) is 11.3 Å². The van der Waals surface area contributed by atoms with Crippen molar-refractivity contribution in [3.63, 3.8) is 0 Å². The molecule has 0 saturated carbocycles. The van der Waals surface area contributed by atoms with Crippen LogP contribution in [0.3, 0.4) is 0 Å². The van der Waals surface area contributed by atoms with Crippen LogP contribution in [0, 0.1) is 11.3 Å². The van der Waals surface area contributed by atoms with Crippen LogP contribution in [0.25, 0.3) is 0 Å². The number of hydrogen-bond donors (Lipinski definition) is 4. The Labute approximate surface area is 79.2 Å². The Morgan fingerprint density at radius 3 is 2.50 bits per heavy atom. The first-order chi connectivity index (χ1) is 6.54. The number of carbonyl (C=O) groups excluding carboxylic acids is 1. The summed E-state index contributed by atoms with van der Waals surface area (Å²) in [6.45, 7) is 0. The molecule has 0 radical (unpaired) electrons. The topological polar surface area (TPSA) is 119 Å². The Hall–Kier alpha value is -2.42. The van der Waals surface area contributed by atoms with Gasteiger partial charge in [-0.25, -0.2) is 4.79 Å². The third-order valence-corrected chi connectivity index (χ3v) is 1.49. The van der Waals surface area contributed by atoms with Crippen molar-refractivity contribution in [2.75, 3.05) is 5.32 Å². The molecular weight excluding hydrogens is 186 g/mol. The molecule has 0 aliphatic heterocycles. The van der Waals surface area contributed by atoms with Crippen LogP contribution in [0.4, 0.5) is 10.5 Å². The molecule has 0 bridgehead atoms. The summed E-state index contributed by atoms with van der Waals surface area (Å²) < 4.78 is 0. The van der Waals surface area contributed by atoms with E-state index in [2.05, 4.69) is 5.32 Å². The average molecular weight is 193 g/mol. The Morgan fingerprint density at radius 1 is 1.43 bits per heavy atom. The van der Waals surface area contributed by atoms with Crippen molar-refractivity contribution in [2.45, 2.75) is 0 Å². The third kappa shape index (κ3) is 1.84. The summed E-state index contributed by atoms with van der Waals surface area (Å²) >= 11 is 0. The SMILES string of the molecule is N#Cc1cc(O)c(O)cc1NC(N)=O. The first kappa shape index (κ1) is 9.67. The number of rotatable bonds is 1. The Balaban J connectivity index is 3.22. The third-order valence-electron chi connectivity index (χ3n) is 1.49. The first-order valence-corrected chi connectivity index (χ1v) is 3.57. The quantitative estimate of drug-likeness (QED) is 0.382. The molecule has 2 amide bonds. The van der Waals surface area contributed by atoms with Gasteiger partial charge in [-0.05, 0) is 0 Å². The second kappa shape index (κ2) is 3.53. The number of nitrogens with one attached hydrogen (secondary N) is 1. The minimum absolute atomic E-state index is 0.0131. The maximum atomic E-state index is 10.5. The fraction of sp³-hybridized carbons (Fsp3) is 0. The number of urea groups is 1. The van der Waals surface area contributed by atoms with Gasteiger partial charge in [-0.3, -0.25) is 0 Å². The Bertz CT molecular complexity index is 423. The van der Waals surface area contributed by atoms with Gasteiger partial charge >= 0.3 is 6.03 Å². The van der Waals surface area contributed by atoms with E-state index < -0.39 is 17.5 Å². The van der Waals surface area contributed by atoms with E-state index in [-0.39, 0.29) is 11.3 Å². The lowest BCUT2D eigenvalue weighted by Crippen LogP contribution is -2.19. The molecule has 0 unspecified atom stereocenters. The highest BCUT2D eigenvalue weighted by molar-refractivity contribution is 5.90. The molecule has 0 aromatic heterocycles. The van der Waals surface area contributed by atoms with Crippen LogP contribution in [-0.4, -0.2) is 16.2 Å². The largest absolute Gasteiger partial charge is 0.504 e. The maximum Gasteiger partial charge on any atom is 0.316 e. The van der Waals surface area contributed by atoms with E-state index in [1.54, 1.807) is 6.07 Å². The number of nitrogens with zero attached hydrogens (tertiary/aromatic N) is 1. The Kier molecular flexibility index (Phi) is 2.44. The van der Waals surface area contributed by atoms with Crippen LogP contribution < -0.4 is 11.1 Å². The van der Waals surface area contributed by atoms with Crippen LogP contribution in [0.2, 0.25) is 0 Å². The van der Waals surface area contributed by atoms with Crippen LogP contribution >= 0.6 is 0 Å². The van der Waals surface area contributed by atoms with Crippen molar-refractivity contribution in [3.05, 3.63) is 17.7 Å². The minimum Gasteiger partial charge on any atom is -0.504 e. The molecule has 6 heteroatoms. The number of hydrogen-bond acceptors (Lipinski definition) is 4. The van der Waals surface area contributed by atoms with Crippen molar-refractivity contribution in [2.24, 2.45) is 5.73 Å². The van der Waals surface area contributed by atoms with Crippen LogP contribution in [0.15, 0.2) is 12.1 Å². The van der Waals surface area contributed by atoms with Crippen LogP contribution in [-0.2, 0) is 0 Å². The number of nitriles is 1. The predicted octanol–water partition coefficient (Wildman–Crippen LogP) is 0.460. The average Bonchev–Trinajstić information content (AvgIpc) is 2.10. The molecule has 0 spiro atoms. The van der Waals surface area contributed by atoms with Gasteiger partial charge < -0.3 is 21.3 Å². The molecule has 14 heavy (non-hydrogen) atoms. The molecular formula is C8H7N3O3. The zero-order chi connectivity index (χ0) is 10.7. The van der Waals surface area contributed by atoms with E-state index in [4.69, 9.17) is 21.2 Å². The smallest absolute Gasteiger partial charge is 0.316 e. The van der Waals surface area contributed by atoms with Gasteiger partial charge in [-0.1, -0.05) is 0 Å². The number of amides is 2. The summed E-state index contributed by atoms with van der Waals surface area (Å²) in [7, 11) is 0. The summed E-state index contributed by atoms with van der Waals surface area (Å²) in [5.41, 5.74) is 4.90. The molecule has 1 aromatic carbocycles. The van der Waals surface area contributed by atoms with Gasteiger partial charge in [0, 0.05) is 12.1 Å². The summed E-state index contributed by atoms with van der Waals surface area (Å²) in [6, 6.07) is 2.94. The first-order valence-electron chi connectivity index (χ1n) is 3.57. The number of aromatic hydroxyl groups is 2. The second-order valence-electron chi connectivity index (χ2n) is 2.49. The fourth-order valence-corrected chi connectivity index (χ4v) is 0.905. The summed E-state index contributed by atoms with van der Waals surface area (Å²) in [5, 5.41) is 28.9. The molecule has 72 valence electrons. The van der Waals surface area contributed by atoms with E-state index in [1.807, 2.05) is 0 Å². The van der Waals surface area contributed by atoms with Crippen molar-refractivity contribution in [1.29, 1.82) is 5.26 Å². The number of carbonyl (C=O) groups is 1. The van der Waals surface area contributed by atoms with E-state index >= 15 is 0 Å². The van der Waals surface area contributed by atoms with E-state index in [1.165, 1.54) is 0 Å². The van der Waals surface area contributed by atoms with Crippen molar-refractivity contribution >= 4 is 11.7 Å². The van der Waals surface area contributed by atoms with E-state index in [9.17, 15) is 4.79 Å². The predicted molar refractivity (Wildman–Crippen MR) is 47.7 cm³/mol. The van der Waals surface area contributed by atoms with Crippen molar-refractivity contribution in [3.8, 4) is 17.6 Å². The molecule has 0 saturated heterocycles. The van der Waals surface area contributed by atoms with Gasteiger partial charge in [-0.2, -0.15) is 5.26 Å². The van der Waals surface area contributed by atoms with Crippen LogP contribution in [0.1, 0.15) is 5.56 Å². The van der Waals surface area contributed by atoms with Gasteiger partial charge in [0.15, 0.2) is 11.5 Å². The molecule has 0 heterocycles. The zero-order valence-electron chi connectivity index (χ0n) is 6.98. The number of primary amides is 1. The molecule has 6 nitrogen and oxygen atoms in total. The maximum absolute atomic E-state index is 10.5. The number of benzene rings is 1. The highest BCUT2D eigenvalue weighted by Crippen LogP contribution is 2.30. The molecule has 5 N–H and O–H groups in total.